The maximum atomic E-state index is 13.7. The number of aryl methyl sites for hydroxylation is 1. The van der Waals surface area contributed by atoms with Gasteiger partial charge in [-0.3, -0.25) is 4.79 Å². The Morgan fingerprint density at radius 3 is 2.64 bits per heavy atom. The van der Waals surface area contributed by atoms with Crippen molar-refractivity contribution in [2.24, 2.45) is 5.92 Å². The van der Waals surface area contributed by atoms with Gasteiger partial charge in [0.15, 0.2) is 0 Å². The number of anilines is 3. The molecule has 0 saturated carbocycles. The zero-order valence-corrected chi connectivity index (χ0v) is 18.9. The lowest BCUT2D eigenvalue weighted by molar-refractivity contribution is -0.120. The van der Waals surface area contributed by atoms with Crippen LogP contribution in [0.1, 0.15) is 11.1 Å². The average molecular weight is 446 g/mol. The lowest BCUT2D eigenvalue weighted by atomic mass is 9.83. The third-order valence-corrected chi connectivity index (χ3v) is 6.75. The Balaban J connectivity index is 1.47. The number of piperazine rings is 1. The first kappa shape index (κ1) is 21.3. The summed E-state index contributed by atoms with van der Waals surface area (Å²) in [5.41, 5.74) is 5.15. The van der Waals surface area contributed by atoms with E-state index in [0.717, 1.165) is 36.6 Å². The van der Waals surface area contributed by atoms with E-state index in [0.29, 0.717) is 12.1 Å². The van der Waals surface area contributed by atoms with E-state index in [9.17, 15) is 9.18 Å². The topological polar surface area (TPSA) is 44.8 Å². The lowest BCUT2D eigenvalue weighted by Gasteiger charge is -2.49. The number of ether oxygens (including phenoxy) is 1. The number of benzene rings is 3. The number of hydrogen-bond acceptors (Lipinski definition) is 4. The highest BCUT2D eigenvalue weighted by Gasteiger charge is 2.41. The largest absolute Gasteiger partial charge is 0.497 e. The van der Waals surface area contributed by atoms with Gasteiger partial charge in [-0.05, 0) is 55.3 Å². The Hall–Kier alpha value is -3.54. The maximum absolute atomic E-state index is 13.7. The van der Waals surface area contributed by atoms with Crippen molar-refractivity contribution in [3.8, 4) is 5.75 Å². The minimum absolute atomic E-state index is 0.00628. The Bertz CT molecular complexity index is 1160. The van der Waals surface area contributed by atoms with Crippen molar-refractivity contribution in [1.29, 1.82) is 0 Å². The molecule has 2 aliphatic rings. The van der Waals surface area contributed by atoms with Crippen molar-refractivity contribution in [3.05, 3.63) is 83.7 Å². The zero-order chi connectivity index (χ0) is 22.9. The number of amides is 1. The van der Waals surface area contributed by atoms with Gasteiger partial charge in [-0.15, -0.1) is 0 Å². The monoisotopic (exact) mass is 445 g/mol. The van der Waals surface area contributed by atoms with E-state index in [4.69, 9.17) is 4.74 Å². The molecule has 2 aliphatic heterocycles. The third-order valence-electron chi connectivity index (χ3n) is 6.75. The molecule has 2 heterocycles. The van der Waals surface area contributed by atoms with Gasteiger partial charge in [0.05, 0.1) is 19.1 Å². The predicted molar refractivity (Wildman–Crippen MR) is 130 cm³/mol. The fourth-order valence-electron chi connectivity index (χ4n) is 5.00. The van der Waals surface area contributed by atoms with E-state index in [1.165, 1.54) is 23.4 Å². The quantitative estimate of drug-likeness (QED) is 0.635. The van der Waals surface area contributed by atoms with Crippen LogP contribution in [0.15, 0.2) is 66.7 Å². The van der Waals surface area contributed by atoms with Crippen LogP contribution in [0.2, 0.25) is 0 Å². The molecule has 1 N–H and O–H groups in total. The molecule has 0 aromatic heterocycles. The van der Waals surface area contributed by atoms with E-state index >= 15 is 0 Å². The summed E-state index contributed by atoms with van der Waals surface area (Å²) < 4.78 is 19.2. The molecule has 5 rings (SSSR count). The minimum atomic E-state index is -0.362. The van der Waals surface area contributed by atoms with Gasteiger partial charge in [0.1, 0.15) is 11.6 Å². The smallest absolute Gasteiger partial charge is 0.229 e. The Kier molecular flexibility index (Phi) is 5.67. The molecular weight excluding hydrogens is 417 g/mol. The van der Waals surface area contributed by atoms with Gasteiger partial charge in [0.25, 0.3) is 0 Å². The first-order chi connectivity index (χ1) is 16.0. The summed E-state index contributed by atoms with van der Waals surface area (Å²) in [5.74, 6) is 0.111. The molecule has 1 saturated heterocycles. The van der Waals surface area contributed by atoms with Crippen molar-refractivity contribution < 1.29 is 13.9 Å². The van der Waals surface area contributed by atoms with Crippen LogP contribution in [-0.4, -0.2) is 38.7 Å². The molecule has 3 aromatic rings. The molecule has 0 spiro atoms. The van der Waals surface area contributed by atoms with Gasteiger partial charge in [0, 0.05) is 42.8 Å². The van der Waals surface area contributed by atoms with E-state index in [-0.39, 0.29) is 23.7 Å². The molecule has 1 amide bonds. The van der Waals surface area contributed by atoms with Crippen molar-refractivity contribution in [2.45, 2.75) is 19.4 Å². The summed E-state index contributed by atoms with van der Waals surface area (Å²) in [6.07, 6.45) is 0.628. The van der Waals surface area contributed by atoms with Crippen molar-refractivity contribution in [2.75, 3.05) is 41.9 Å². The predicted octanol–water partition coefficient (Wildman–Crippen LogP) is 4.65. The van der Waals surface area contributed by atoms with Gasteiger partial charge in [-0.1, -0.05) is 29.8 Å². The molecule has 5 nitrogen and oxygen atoms in total. The number of halogens is 1. The number of methoxy groups -OCH3 is 1. The molecule has 2 atom stereocenters. The number of hydrogen-bond donors (Lipinski definition) is 1. The number of fused-ring (bicyclic) bond motifs is 3. The number of carbonyl (C=O) groups excluding carboxylic acids is 1. The second-order valence-electron chi connectivity index (χ2n) is 8.85. The molecule has 6 heteroatoms. The molecule has 33 heavy (non-hydrogen) atoms. The third kappa shape index (κ3) is 4.25. The number of nitrogens with one attached hydrogen (secondary N) is 1. The molecule has 3 aromatic carbocycles. The normalized spacial score (nSPS) is 19.5. The highest BCUT2D eigenvalue weighted by Crippen LogP contribution is 2.39. The van der Waals surface area contributed by atoms with Crippen LogP contribution in [0.3, 0.4) is 0 Å². The van der Waals surface area contributed by atoms with Gasteiger partial charge in [-0.25, -0.2) is 4.39 Å². The summed E-state index contributed by atoms with van der Waals surface area (Å²) >= 11 is 0. The first-order valence-corrected chi connectivity index (χ1v) is 11.3. The highest BCUT2D eigenvalue weighted by molar-refractivity contribution is 5.94. The zero-order valence-electron chi connectivity index (χ0n) is 18.9. The van der Waals surface area contributed by atoms with Crippen LogP contribution >= 0.6 is 0 Å². The summed E-state index contributed by atoms with van der Waals surface area (Å²) in [6.45, 7) is 4.50. The van der Waals surface area contributed by atoms with Gasteiger partial charge >= 0.3 is 0 Å². The molecule has 170 valence electrons. The van der Waals surface area contributed by atoms with Crippen molar-refractivity contribution in [1.82, 2.24) is 0 Å². The van der Waals surface area contributed by atoms with Gasteiger partial charge in [0.2, 0.25) is 5.91 Å². The van der Waals surface area contributed by atoms with Crippen LogP contribution < -0.4 is 19.9 Å². The molecule has 0 bridgehead atoms. The second kappa shape index (κ2) is 8.77. The Labute approximate surface area is 193 Å². The molecule has 2 unspecified atom stereocenters. The molecule has 0 radical (unpaired) electrons. The van der Waals surface area contributed by atoms with Crippen LogP contribution in [0.4, 0.5) is 21.5 Å². The number of nitrogens with zero attached hydrogens (tertiary/aromatic N) is 2. The summed E-state index contributed by atoms with van der Waals surface area (Å²) in [6, 6.07) is 20.7. The van der Waals surface area contributed by atoms with Crippen molar-refractivity contribution >= 4 is 23.0 Å². The molecule has 0 aliphatic carbocycles. The minimum Gasteiger partial charge on any atom is -0.497 e. The van der Waals surface area contributed by atoms with E-state index < -0.39 is 0 Å². The number of carbonyl (C=O) groups is 1. The van der Waals surface area contributed by atoms with Crippen LogP contribution in [-0.2, 0) is 11.2 Å². The average Bonchev–Trinajstić information content (AvgIpc) is 2.83. The van der Waals surface area contributed by atoms with E-state index in [2.05, 4.69) is 58.4 Å². The highest BCUT2D eigenvalue weighted by atomic mass is 19.1. The molecular formula is C27H28FN3O2. The fourth-order valence-corrected chi connectivity index (χ4v) is 5.00. The van der Waals surface area contributed by atoms with Crippen LogP contribution in [0, 0.1) is 18.7 Å². The molecule has 1 fully saturated rings. The fraction of sp³-hybridized carbons (Fsp3) is 0.296. The van der Waals surface area contributed by atoms with Crippen molar-refractivity contribution in [3.63, 3.8) is 0 Å². The maximum Gasteiger partial charge on any atom is 0.229 e. The van der Waals surface area contributed by atoms with Gasteiger partial charge < -0.3 is 19.9 Å². The number of rotatable bonds is 4. The van der Waals surface area contributed by atoms with E-state index in [1.807, 2.05) is 6.07 Å². The standard InChI is InChI=1S/C27H28FN3O2/c1-18-6-9-22(10-7-18)30-12-13-31-25-16-23(33-2)11-8-19(25)14-24(26(31)17-30)27(32)29-21-5-3-4-20(28)15-21/h3-11,15-16,24,26H,12-14,17H2,1-2H3,(H,29,32). The lowest BCUT2D eigenvalue weighted by Crippen LogP contribution is -2.60. The second-order valence-corrected chi connectivity index (χ2v) is 8.85. The van der Waals surface area contributed by atoms with Crippen LogP contribution in [0.5, 0.6) is 5.75 Å². The summed E-state index contributed by atoms with van der Waals surface area (Å²) in [7, 11) is 1.67. The Morgan fingerprint density at radius 2 is 1.88 bits per heavy atom. The summed E-state index contributed by atoms with van der Waals surface area (Å²) in [4.78, 5) is 18.2. The summed E-state index contributed by atoms with van der Waals surface area (Å²) in [5, 5.41) is 2.95. The first-order valence-electron chi connectivity index (χ1n) is 11.3. The van der Waals surface area contributed by atoms with Crippen LogP contribution in [0.25, 0.3) is 0 Å². The van der Waals surface area contributed by atoms with E-state index in [1.54, 1.807) is 19.2 Å². The van der Waals surface area contributed by atoms with Gasteiger partial charge in [-0.2, -0.15) is 0 Å². The Morgan fingerprint density at radius 1 is 1.06 bits per heavy atom. The SMILES string of the molecule is COc1ccc2c(c1)N1CCN(c3ccc(C)cc3)CC1C(C(=O)Nc1cccc(F)c1)C2.